The first-order valence-corrected chi connectivity index (χ1v) is 8.44. The van der Waals surface area contributed by atoms with Gasteiger partial charge in [0.25, 0.3) is 0 Å². The van der Waals surface area contributed by atoms with E-state index in [4.69, 9.17) is 0 Å². The van der Waals surface area contributed by atoms with E-state index in [1.54, 1.807) is 0 Å². The van der Waals surface area contributed by atoms with Gasteiger partial charge in [0, 0.05) is 37.4 Å². The number of halogens is 1. The second kappa shape index (κ2) is 6.90. The molecule has 0 saturated carbocycles. The molecule has 2 rings (SSSR count). The Balaban J connectivity index is 1.78. The Hall–Kier alpha value is -0.0900. The Labute approximate surface area is 119 Å². The quantitative estimate of drug-likeness (QED) is 0.728. The Kier molecular flexibility index (Phi) is 5.49. The van der Waals surface area contributed by atoms with Gasteiger partial charge in [-0.15, -0.1) is 0 Å². The number of amides is 1. The third-order valence-corrected chi connectivity index (χ3v) is 5.31. The lowest BCUT2D eigenvalue weighted by molar-refractivity contribution is -0.128. The molecule has 0 spiro atoms. The molecule has 18 heavy (non-hydrogen) atoms. The summed E-state index contributed by atoms with van der Waals surface area (Å²) in [5.74, 6) is 0.880. The van der Waals surface area contributed by atoms with E-state index in [0.29, 0.717) is 11.8 Å². The molecule has 2 atom stereocenters. The largest absolute Gasteiger partial charge is 0.341 e. The van der Waals surface area contributed by atoms with Gasteiger partial charge in [-0.3, -0.25) is 9.69 Å². The topological polar surface area (TPSA) is 23.6 Å². The van der Waals surface area contributed by atoms with Crippen LogP contribution in [0.15, 0.2) is 0 Å². The molecule has 0 bridgehead atoms. The van der Waals surface area contributed by atoms with Crippen LogP contribution in [0.2, 0.25) is 0 Å². The van der Waals surface area contributed by atoms with Gasteiger partial charge in [0.05, 0.1) is 0 Å². The normalized spacial score (nSPS) is 30.1. The molecule has 0 aromatic heterocycles. The van der Waals surface area contributed by atoms with E-state index in [1.807, 2.05) is 0 Å². The van der Waals surface area contributed by atoms with Gasteiger partial charge < -0.3 is 4.90 Å². The van der Waals surface area contributed by atoms with Crippen molar-refractivity contribution in [2.45, 2.75) is 45.1 Å². The maximum Gasteiger partial charge on any atom is 0.222 e. The molecule has 104 valence electrons. The molecule has 0 radical (unpaired) electrons. The SMILES string of the molecule is CCC1CCCCN1CCN1CC(CBr)CC1=O. The van der Waals surface area contributed by atoms with E-state index >= 15 is 0 Å². The van der Waals surface area contributed by atoms with Crippen LogP contribution in [0.1, 0.15) is 39.0 Å². The molecule has 2 heterocycles. The van der Waals surface area contributed by atoms with Crippen LogP contribution in [0.5, 0.6) is 0 Å². The Morgan fingerprint density at radius 3 is 2.83 bits per heavy atom. The van der Waals surface area contributed by atoms with E-state index < -0.39 is 0 Å². The summed E-state index contributed by atoms with van der Waals surface area (Å²) in [5.41, 5.74) is 0. The molecular formula is C14H25BrN2O. The molecule has 0 aromatic carbocycles. The van der Waals surface area contributed by atoms with Gasteiger partial charge in [-0.25, -0.2) is 0 Å². The van der Waals surface area contributed by atoms with E-state index in [1.165, 1.54) is 32.2 Å². The number of hydrogen-bond donors (Lipinski definition) is 0. The van der Waals surface area contributed by atoms with E-state index in [-0.39, 0.29) is 0 Å². The molecule has 2 unspecified atom stereocenters. The average molecular weight is 317 g/mol. The van der Waals surface area contributed by atoms with Crippen LogP contribution >= 0.6 is 15.9 Å². The van der Waals surface area contributed by atoms with Crippen molar-refractivity contribution >= 4 is 21.8 Å². The molecule has 4 heteroatoms. The number of carbonyl (C=O) groups excluding carboxylic acids is 1. The maximum absolute atomic E-state index is 11.9. The Morgan fingerprint density at radius 2 is 2.17 bits per heavy atom. The lowest BCUT2D eigenvalue weighted by Crippen LogP contribution is -2.44. The standard InChI is InChI=1S/C14H25BrN2O/c1-2-13-5-3-4-6-16(13)7-8-17-11-12(10-15)9-14(17)18/h12-13H,2-11H2,1H3. The molecule has 1 amide bonds. The molecular weight excluding hydrogens is 292 g/mol. The molecule has 0 aliphatic carbocycles. The van der Waals surface area contributed by atoms with Crippen molar-refractivity contribution in [2.24, 2.45) is 5.92 Å². The van der Waals surface area contributed by atoms with Gasteiger partial charge in [-0.1, -0.05) is 29.3 Å². The first-order valence-electron chi connectivity index (χ1n) is 7.32. The summed E-state index contributed by atoms with van der Waals surface area (Å²) in [7, 11) is 0. The van der Waals surface area contributed by atoms with Crippen molar-refractivity contribution in [3.63, 3.8) is 0 Å². The highest BCUT2D eigenvalue weighted by molar-refractivity contribution is 9.09. The van der Waals surface area contributed by atoms with Crippen LogP contribution in [0.3, 0.4) is 0 Å². The Bertz CT molecular complexity index is 285. The van der Waals surface area contributed by atoms with Gasteiger partial charge >= 0.3 is 0 Å². The van der Waals surface area contributed by atoms with Gasteiger partial charge in [-0.05, 0) is 31.7 Å². The maximum atomic E-state index is 11.9. The molecule has 0 N–H and O–H groups in total. The third-order valence-electron chi connectivity index (χ3n) is 4.39. The van der Waals surface area contributed by atoms with E-state index in [2.05, 4.69) is 32.7 Å². The molecule has 2 saturated heterocycles. The number of nitrogens with zero attached hydrogens (tertiary/aromatic N) is 2. The fourth-order valence-electron chi connectivity index (χ4n) is 3.24. The number of carbonyl (C=O) groups is 1. The first kappa shape index (κ1) is 14.3. The summed E-state index contributed by atoms with van der Waals surface area (Å²) < 4.78 is 0. The van der Waals surface area contributed by atoms with Crippen LogP contribution in [0.4, 0.5) is 0 Å². The summed E-state index contributed by atoms with van der Waals surface area (Å²) >= 11 is 3.49. The zero-order valence-electron chi connectivity index (χ0n) is 11.4. The molecule has 3 nitrogen and oxygen atoms in total. The summed E-state index contributed by atoms with van der Waals surface area (Å²) in [6, 6.07) is 0.753. The second-order valence-electron chi connectivity index (χ2n) is 5.66. The molecule has 0 aromatic rings. The average Bonchev–Trinajstić information content (AvgIpc) is 2.77. The van der Waals surface area contributed by atoms with Gasteiger partial charge in [-0.2, -0.15) is 0 Å². The summed E-state index contributed by atoms with van der Waals surface area (Å²) in [4.78, 5) is 16.5. The zero-order valence-corrected chi connectivity index (χ0v) is 13.0. The van der Waals surface area contributed by atoms with Gasteiger partial charge in [0.2, 0.25) is 5.91 Å². The Morgan fingerprint density at radius 1 is 1.33 bits per heavy atom. The predicted molar refractivity (Wildman–Crippen MR) is 78.0 cm³/mol. The second-order valence-corrected chi connectivity index (χ2v) is 6.31. The number of hydrogen-bond acceptors (Lipinski definition) is 2. The van der Waals surface area contributed by atoms with Crippen LogP contribution in [-0.4, -0.2) is 53.3 Å². The number of rotatable bonds is 5. The van der Waals surface area contributed by atoms with Crippen LogP contribution in [0, 0.1) is 5.92 Å². The number of likely N-dealkylation sites (tertiary alicyclic amines) is 2. The lowest BCUT2D eigenvalue weighted by Gasteiger charge is -2.36. The highest BCUT2D eigenvalue weighted by Gasteiger charge is 2.29. The summed E-state index contributed by atoms with van der Waals surface area (Å²) in [6.45, 7) is 6.46. The van der Waals surface area contributed by atoms with Crippen molar-refractivity contribution in [1.82, 2.24) is 9.80 Å². The molecule has 2 aliphatic rings. The fraction of sp³-hybridized carbons (Fsp3) is 0.929. The zero-order chi connectivity index (χ0) is 13.0. The van der Waals surface area contributed by atoms with Crippen molar-refractivity contribution in [2.75, 3.05) is 31.5 Å². The van der Waals surface area contributed by atoms with Crippen molar-refractivity contribution in [1.29, 1.82) is 0 Å². The van der Waals surface area contributed by atoms with Gasteiger partial charge in [0.15, 0.2) is 0 Å². The fourth-order valence-corrected chi connectivity index (χ4v) is 3.67. The minimum atomic E-state index is 0.351. The minimum absolute atomic E-state index is 0.351. The minimum Gasteiger partial charge on any atom is -0.341 e. The summed E-state index contributed by atoms with van der Waals surface area (Å²) in [5, 5.41) is 0.955. The van der Waals surface area contributed by atoms with Crippen LogP contribution < -0.4 is 0 Å². The van der Waals surface area contributed by atoms with Crippen LogP contribution in [-0.2, 0) is 4.79 Å². The molecule has 2 aliphatic heterocycles. The smallest absolute Gasteiger partial charge is 0.222 e. The lowest BCUT2D eigenvalue weighted by atomic mass is 10.0. The van der Waals surface area contributed by atoms with E-state index in [0.717, 1.165) is 37.4 Å². The first-order chi connectivity index (χ1) is 8.74. The predicted octanol–water partition coefficient (Wildman–Crippen LogP) is 2.49. The van der Waals surface area contributed by atoms with Crippen molar-refractivity contribution < 1.29 is 4.79 Å². The third kappa shape index (κ3) is 3.47. The van der Waals surface area contributed by atoms with Crippen molar-refractivity contribution in [3.05, 3.63) is 0 Å². The monoisotopic (exact) mass is 316 g/mol. The van der Waals surface area contributed by atoms with Gasteiger partial charge in [0.1, 0.15) is 0 Å². The molecule has 2 fully saturated rings. The van der Waals surface area contributed by atoms with Crippen molar-refractivity contribution in [3.8, 4) is 0 Å². The number of alkyl halides is 1. The van der Waals surface area contributed by atoms with E-state index in [9.17, 15) is 4.79 Å². The van der Waals surface area contributed by atoms with Crippen LogP contribution in [0.25, 0.3) is 0 Å². The highest BCUT2D eigenvalue weighted by atomic mass is 79.9. The summed E-state index contributed by atoms with van der Waals surface area (Å²) in [6.07, 6.45) is 6.03. The highest BCUT2D eigenvalue weighted by Crippen LogP contribution is 2.22. The number of piperidine rings is 1.